The molecule has 2 N–H and O–H groups in total. The fourth-order valence-corrected chi connectivity index (χ4v) is 3.88. The Bertz CT molecular complexity index is 934. The lowest BCUT2D eigenvalue weighted by atomic mass is 9.99. The summed E-state index contributed by atoms with van der Waals surface area (Å²) in [6.45, 7) is 7.82. The summed E-state index contributed by atoms with van der Waals surface area (Å²) in [5, 5.41) is 9.23. The van der Waals surface area contributed by atoms with Crippen LogP contribution < -0.4 is 10.9 Å². The summed E-state index contributed by atoms with van der Waals surface area (Å²) in [7, 11) is 0. The highest BCUT2D eigenvalue weighted by molar-refractivity contribution is 9.10. The van der Waals surface area contributed by atoms with Crippen molar-refractivity contribution in [2.75, 3.05) is 19.6 Å². The molecular formula is C22H27BrN6O. The predicted molar refractivity (Wildman–Crippen MR) is 119 cm³/mol. The van der Waals surface area contributed by atoms with Crippen LogP contribution in [0.3, 0.4) is 0 Å². The highest BCUT2D eigenvalue weighted by Crippen LogP contribution is 2.30. The molecule has 30 heavy (non-hydrogen) atoms. The van der Waals surface area contributed by atoms with Crippen molar-refractivity contribution in [1.82, 2.24) is 25.7 Å². The second kappa shape index (κ2) is 10.6. The fraction of sp³-hybridized carbons (Fsp3) is 0.455. The highest BCUT2D eigenvalue weighted by atomic mass is 79.9. The molecule has 1 aromatic carbocycles. The smallest absolute Gasteiger partial charge is 0.266 e. The number of nitriles is 1. The van der Waals surface area contributed by atoms with Gasteiger partial charge in [0.2, 0.25) is 5.82 Å². The Morgan fingerprint density at radius 2 is 2.07 bits per heavy atom. The van der Waals surface area contributed by atoms with Crippen molar-refractivity contribution in [3.8, 4) is 17.3 Å². The van der Waals surface area contributed by atoms with Crippen molar-refractivity contribution in [2.45, 2.75) is 39.7 Å². The molecule has 1 aliphatic rings. The maximum absolute atomic E-state index is 12.9. The summed E-state index contributed by atoms with van der Waals surface area (Å²) in [6, 6.07) is 7.81. The van der Waals surface area contributed by atoms with E-state index in [4.69, 9.17) is 0 Å². The number of likely N-dealkylation sites (tertiary alicyclic amines) is 1. The van der Waals surface area contributed by atoms with Crippen LogP contribution in [0.4, 0.5) is 0 Å². The minimum absolute atomic E-state index is 0.0684. The molecule has 1 fully saturated rings. The van der Waals surface area contributed by atoms with Gasteiger partial charge in [-0.3, -0.25) is 15.1 Å². The van der Waals surface area contributed by atoms with Crippen LogP contribution in [0.25, 0.3) is 11.3 Å². The van der Waals surface area contributed by atoms with Gasteiger partial charge in [-0.1, -0.05) is 26.3 Å². The van der Waals surface area contributed by atoms with Gasteiger partial charge in [-0.25, -0.2) is 15.4 Å². The number of carbonyl (C=O) groups excluding carboxylic acids is 1. The molecule has 0 saturated carbocycles. The topological polar surface area (TPSA) is 93.9 Å². The molecule has 1 aromatic heterocycles. The molecule has 1 aliphatic heterocycles. The first-order valence-electron chi connectivity index (χ1n) is 10.3. The molecule has 0 radical (unpaired) electrons. The van der Waals surface area contributed by atoms with E-state index in [9.17, 15) is 10.1 Å². The van der Waals surface area contributed by atoms with Gasteiger partial charge < -0.3 is 0 Å². The second-order valence-corrected chi connectivity index (χ2v) is 8.80. The van der Waals surface area contributed by atoms with E-state index in [2.05, 4.69) is 55.5 Å². The van der Waals surface area contributed by atoms with Crippen LogP contribution >= 0.6 is 15.9 Å². The average molecular weight is 471 g/mol. The molecule has 2 aromatic rings. The summed E-state index contributed by atoms with van der Waals surface area (Å²) in [6.07, 6.45) is 5.28. The number of rotatable bonds is 7. The quantitative estimate of drug-likeness (QED) is 0.599. The number of nitrogens with one attached hydrogen (secondary N) is 2. The standard InChI is InChI=1S/C22H27BrN6O/c1-15(2)12-26-28-22(30)17-7-6-16(14-29-8-4-3-5-9-29)10-18(17)21-19(23)13-25-20(11-24)27-21/h6-7,10,13,15,26H,3-5,8-9,12,14H2,1-2H3,(H,28,30). The molecule has 0 aliphatic carbocycles. The van der Waals surface area contributed by atoms with Crippen LogP contribution in [-0.2, 0) is 6.54 Å². The largest absolute Gasteiger partial charge is 0.299 e. The van der Waals surface area contributed by atoms with Crippen molar-refractivity contribution in [1.29, 1.82) is 5.26 Å². The Morgan fingerprint density at radius 3 is 2.77 bits per heavy atom. The Balaban J connectivity index is 1.95. The molecule has 0 spiro atoms. The number of amides is 1. The fourth-order valence-electron chi connectivity index (χ4n) is 3.47. The normalized spacial score (nSPS) is 14.5. The lowest BCUT2D eigenvalue weighted by Crippen LogP contribution is -2.39. The number of halogens is 1. The van der Waals surface area contributed by atoms with Gasteiger partial charge in [0.1, 0.15) is 6.07 Å². The third-order valence-corrected chi connectivity index (χ3v) is 5.58. The third kappa shape index (κ3) is 5.85. The molecule has 1 saturated heterocycles. The first-order chi connectivity index (χ1) is 14.5. The lowest BCUT2D eigenvalue weighted by Gasteiger charge is -2.26. The number of hydrazine groups is 1. The number of nitrogens with zero attached hydrogens (tertiary/aromatic N) is 4. The summed E-state index contributed by atoms with van der Waals surface area (Å²) >= 11 is 3.48. The Morgan fingerprint density at radius 1 is 1.30 bits per heavy atom. The maximum Gasteiger partial charge on any atom is 0.266 e. The van der Waals surface area contributed by atoms with Gasteiger partial charge >= 0.3 is 0 Å². The van der Waals surface area contributed by atoms with E-state index in [-0.39, 0.29) is 11.7 Å². The van der Waals surface area contributed by atoms with Crippen molar-refractivity contribution in [2.24, 2.45) is 5.92 Å². The monoisotopic (exact) mass is 470 g/mol. The van der Waals surface area contributed by atoms with Gasteiger partial charge in [-0.2, -0.15) is 5.26 Å². The zero-order valence-electron chi connectivity index (χ0n) is 17.4. The third-order valence-electron chi connectivity index (χ3n) is 4.99. The molecule has 2 heterocycles. The molecule has 0 bridgehead atoms. The minimum Gasteiger partial charge on any atom is -0.299 e. The molecule has 7 nitrogen and oxygen atoms in total. The number of carbonyl (C=O) groups is 1. The number of hydrogen-bond donors (Lipinski definition) is 2. The molecule has 3 rings (SSSR count). The highest BCUT2D eigenvalue weighted by Gasteiger charge is 2.19. The molecule has 0 unspecified atom stereocenters. The van der Waals surface area contributed by atoms with E-state index < -0.39 is 0 Å². The van der Waals surface area contributed by atoms with E-state index in [0.717, 1.165) is 25.2 Å². The van der Waals surface area contributed by atoms with E-state index in [1.165, 1.54) is 19.3 Å². The van der Waals surface area contributed by atoms with Crippen LogP contribution in [0.2, 0.25) is 0 Å². The predicted octanol–water partition coefficient (Wildman–Crippen LogP) is 3.65. The van der Waals surface area contributed by atoms with E-state index in [0.29, 0.717) is 33.8 Å². The van der Waals surface area contributed by atoms with Crippen molar-refractivity contribution in [3.05, 3.63) is 45.8 Å². The van der Waals surface area contributed by atoms with Crippen LogP contribution in [0, 0.1) is 17.2 Å². The number of piperidine rings is 1. The van der Waals surface area contributed by atoms with Gasteiger partial charge in [0.05, 0.1) is 15.7 Å². The Kier molecular flexibility index (Phi) is 7.91. The number of aromatic nitrogens is 2. The zero-order valence-corrected chi connectivity index (χ0v) is 19.0. The van der Waals surface area contributed by atoms with Crippen molar-refractivity contribution in [3.63, 3.8) is 0 Å². The maximum atomic E-state index is 12.9. The van der Waals surface area contributed by atoms with Gasteiger partial charge in [0.25, 0.3) is 5.91 Å². The number of hydrogen-bond acceptors (Lipinski definition) is 6. The SMILES string of the molecule is CC(C)CNNC(=O)c1ccc(CN2CCCCC2)cc1-c1nc(C#N)ncc1Br. The van der Waals surface area contributed by atoms with E-state index in [1.54, 1.807) is 6.20 Å². The van der Waals surface area contributed by atoms with Crippen LogP contribution in [-0.4, -0.2) is 40.4 Å². The summed E-state index contributed by atoms with van der Waals surface area (Å²) in [4.78, 5) is 23.7. The Hall–Kier alpha value is -2.34. The summed E-state index contributed by atoms with van der Waals surface area (Å²) < 4.78 is 0.640. The second-order valence-electron chi connectivity index (χ2n) is 7.95. The first kappa shape index (κ1) is 22.3. The number of benzene rings is 1. The Labute approximate surface area is 186 Å². The lowest BCUT2D eigenvalue weighted by molar-refractivity contribution is 0.0932. The van der Waals surface area contributed by atoms with Gasteiger partial charge in [0, 0.05) is 24.8 Å². The van der Waals surface area contributed by atoms with E-state index in [1.807, 2.05) is 24.3 Å². The molecule has 1 amide bonds. The van der Waals surface area contributed by atoms with Crippen molar-refractivity contribution >= 4 is 21.8 Å². The van der Waals surface area contributed by atoms with Gasteiger partial charge in [0.15, 0.2) is 0 Å². The van der Waals surface area contributed by atoms with Crippen LogP contribution in [0.15, 0.2) is 28.9 Å². The first-order valence-corrected chi connectivity index (χ1v) is 11.1. The van der Waals surface area contributed by atoms with Gasteiger partial charge in [-0.15, -0.1) is 0 Å². The molecule has 158 valence electrons. The van der Waals surface area contributed by atoms with Gasteiger partial charge in [-0.05, 0) is 65.5 Å². The van der Waals surface area contributed by atoms with E-state index >= 15 is 0 Å². The zero-order chi connectivity index (χ0) is 21.5. The average Bonchev–Trinajstić information content (AvgIpc) is 2.74. The minimum atomic E-state index is -0.237. The summed E-state index contributed by atoms with van der Waals surface area (Å²) in [5.74, 6) is 0.240. The summed E-state index contributed by atoms with van der Waals surface area (Å²) in [5.41, 5.74) is 8.57. The van der Waals surface area contributed by atoms with Crippen LogP contribution in [0.1, 0.15) is 54.9 Å². The molecule has 8 heteroatoms. The molecule has 0 atom stereocenters. The van der Waals surface area contributed by atoms with Crippen LogP contribution in [0.5, 0.6) is 0 Å². The molecular weight excluding hydrogens is 444 g/mol. The van der Waals surface area contributed by atoms with Crippen molar-refractivity contribution < 1.29 is 4.79 Å².